The molecule has 0 fully saturated rings. The van der Waals surface area contributed by atoms with E-state index in [1.54, 1.807) is 36.5 Å². The molecule has 0 saturated heterocycles. The van der Waals surface area contributed by atoms with E-state index in [0.717, 1.165) is 18.7 Å². The molecule has 5 heteroatoms. The smallest absolute Gasteiger partial charge is 0.274 e. The fourth-order valence-corrected chi connectivity index (χ4v) is 2.22. The predicted molar refractivity (Wildman–Crippen MR) is 91.7 cm³/mol. The first-order chi connectivity index (χ1) is 10.7. The summed E-state index contributed by atoms with van der Waals surface area (Å²) in [5.74, 6) is -0.250. The van der Waals surface area contributed by atoms with Crippen LogP contribution in [0.5, 0.6) is 0 Å². The van der Waals surface area contributed by atoms with Gasteiger partial charge in [0.25, 0.3) is 5.91 Å². The third-order valence-corrected chi connectivity index (χ3v) is 3.42. The van der Waals surface area contributed by atoms with Crippen LogP contribution in [-0.4, -0.2) is 17.4 Å². The SMILES string of the molecule is CCCCCNc1ccnc(C(=O)Nc2cccc(Cl)c2)c1. The largest absolute Gasteiger partial charge is 0.385 e. The number of carbonyl (C=O) groups excluding carboxylic acids is 1. The van der Waals surface area contributed by atoms with Crippen LogP contribution in [-0.2, 0) is 0 Å². The van der Waals surface area contributed by atoms with Gasteiger partial charge in [0.2, 0.25) is 0 Å². The number of pyridine rings is 1. The van der Waals surface area contributed by atoms with Gasteiger partial charge in [-0.2, -0.15) is 0 Å². The van der Waals surface area contributed by atoms with Gasteiger partial charge < -0.3 is 10.6 Å². The van der Waals surface area contributed by atoms with Crippen LogP contribution in [0.3, 0.4) is 0 Å². The van der Waals surface area contributed by atoms with E-state index in [2.05, 4.69) is 22.5 Å². The van der Waals surface area contributed by atoms with Gasteiger partial charge in [0.05, 0.1) is 0 Å². The number of halogens is 1. The van der Waals surface area contributed by atoms with Gasteiger partial charge >= 0.3 is 0 Å². The number of nitrogens with one attached hydrogen (secondary N) is 2. The molecule has 22 heavy (non-hydrogen) atoms. The number of benzene rings is 1. The number of amides is 1. The summed E-state index contributed by atoms with van der Waals surface area (Å²) in [6.07, 6.45) is 5.13. The number of unbranched alkanes of at least 4 members (excludes halogenated alkanes) is 2. The molecule has 0 unspecified atom stereocenters. The Morgan fingerprint density at radius 1 is 1.18 bits per heavy atom. The molecular formula is C17H20ClN3O. The summed E-state index contributed by atoms with van der Waals surface area (Å²) in [7, 11) is 0. The lowest BCUT2D eigenvalue weighted by Gasteiger charge is -2.08. The fraction of sp³-hybridized carbons (Fsp3) is 0.294. The summed E-state index contributed by atoms with van der Waals surface area (Å²) in [5.41, 5.74) is 1.93. The second kappa shape index (κ2) is 8.39. The Bertz CT molecular complexity index is 631. The molecule has 2 rings (SSSR count). The van der Waals surface area contributed by atoms with Crippen molar-refractivity contribution >= 4 is 28.9 Å². The number of rotatable bonds is 7. The minimum atomic E-state index is -0.250. The van der Waals surface area contributed by atoms with Gasteiger partial charge in [-0.1, -0.05) is 37.4 Å². The molecule has 116 valence electrons. The molecule has 4 nitrogen and oxygen atoms in total. The monoisotopic (exact) mass is 317 g/mol. The van der Waals surface area contributed by atoms with Gasteiger partial charge in [-0.25, -0.2) is 0 Å². The van der Waals surface area contributed by atoms with E-state index in [9.17, 15) is 4.79 Å². The average Bonchev–Trinajstić information content (AvgIpc) is 2.52. The van der Waals surface area contributed by atoms with Crippen LogP contribution >= 0.6 is 11.6 Å². The highest BCUT2D eigenvalue weighted by molar-refractivity contribution is 6.30. The topological polar surface area (TPSA) is 54.0 Å². The van der Waals surface area contributed by atoms with E-state index in [4.69, 9.17) is 11.6 Å². The summed E-state index contributed by atoms with van der Waals surface area (Å²) in [5, 5.41) is 6.68. The highest BCUT2D eigenvalue weighted by atomic mass is 35.5. The molecule has 1 aromatic carbocycles. The third kappa shape index (κ3) is 5.04. The lowest BCUT2D eigenvalue weighted by Crippen LogP contribution is -2.14. The van der Waals surface area contributed by atoms with Crippen molar-refractivity contribution in [2.75, 3.05) is 17.2 Å². The fourth-order valence-electron chi connectivity index (χ4n) is 2.03. The molecule has 1 aromatic heterocycles. The van der Waals surface area contributed by atoms with Gasteiger partial charge in [0, 0.05) is 29.1 Å². The zero-order valence-electron chi connectivity index (χ0n) is 12.6. The van der Waals surface area contributed by atoms with Crippen LogP contribution in [0.4, 0.5) is 11.4 Å². The molecule has 0 atom stereocenters. The third-order valence-electron chi connectivity index (χ3n) is 3.18. The van der Waals surface area contributed by atoms with Gasteiger partial charge in [-0.3, -0.25) is 9.78 Å². The maximum absolute atomic E-state index is 12.2. The van der Waals surface area contributed by atoms with Gasteiger partial charge in [-0.05, 0) is 36.8 Å². The normalized spacial score (nSPS) is 10.3. The molecular weight excluding hydrogens is 298 g/mol. The van der Waals surface area contributed by atoms with E-state index in [1.165, 1.54) is 12.8 Å². The first kappa shape index (κ1) is 16.3. The molecule has 0 saturated carbocycles. The summed E-state index contributed by atoms with van der Waals surface area (Å²) >= 11 is 5.91. The van der Waals surface area contributed by atoms with Gasteiger partial charge in [-0.15, -0.1) is 0 Å². The molecule has 1 amide bonds. The van der Waals surface area contributed by atoms with Crippen molar-refractivity contribution < 1.29 is 4.79 Å². The number of hydrogen-bond acceptors (Lipinski definition) is 3. The summed E-state index contributed by atoms with van der Waals surface area (Å²) in [6.45, 7) is 3.07. The maximum Gasteiger partial charge on any atom is 0.274 e. The minimum absolute atomic E-state index is 0.250. The predicted octanol–water partition coefficient (Wildman–Crippen LogP) is 4.59. The van der Waals surface area contributed by atoms with E-state index >= 15 is 0 Å². The number of carbonyl (C=O) groups is 1. The molecule has 0 bridgehead atoms. The minimum Gasteiger partial charge on any atom is -0.385 e. The van der Waals surface area contributed by atoms with Crippen LogP contribution in [0.2, 0.25) is 5.02 Å². The van der Waals surface area contributed by atoms with E-state index < -0.39 is 0 Å². The Labute approximate surface area is 135 Å². The van der Waals surface area contributed by atoms with E-state index in [-0.39, 0.29) is 5.91 Å². The van der Waals surface area contributed by atoms with Crippen molar-refractivity contribution in [2.24, 2.45) is 0 Å². The molecule has 2 aromatic rings. The molecule has 0 radical (unpaired) electrons. The zero-order chi connectivity index (χ0) is 15.8. The second-order valence-corrected chi connectivity index (χ2v) is 5.46. The Kier molecular flexibility index (Phi) is 6.22. The first-order valence-corrected chi connectivity index (χ1v) is 7.83. The van der Waals surface area contributed by atoms with Crippen LogP contribution in [0.25, 0.3) is 0 Å². The highest BCUT2D eigenvalue weighted by Gasteiger charge is 2.08. The van der Waals surface area contributed by atoms with Crippen molar-refractivity contribution in [1.29, 1.82) is 0 Å². The molecule has 0 spiro atoms. The lowest BCUT2D eigenvalue weighted by molar-refractivity contribution is 0.102. The van der Waals surface area contributed by atoms with Crippen molar-refractivity contribution in [3.63, 3.8) is 0 Å². The van der Waals surface area contributed by atoms with E-state index in [1.807, 2.05) is 6.07 Å². The number of hydrogen-bond donors (Lipinski definition) is 2. The van der Waals surface area contributed by atoms with Crippen LogP contribution in [0.1, 0.15) is 36.7 Å². The Morgan fingerprint density at radius 2 is 2.05 bits per heavy atom. The molecule has 0 aliphatic rings. The van der Waals surface area contributed by atoms with Gasteiger partial charge in [0.1, 0.15) is 5.69 Å². The quantitative estimate of drug-likeness (QED) is 0.734. The number of aromatic nitrogens is 1. The van der Waals surface area contributed by atoms with Crippen molar-refractivity contribution in [2.45, 2.75) is 26.2 Å². The van der Waals surface area contributed by atoms with E-state index in [0.29, 0.717) is 16.4 Å². The van der Waals surface area contributed by atoms with Crippen LogP contribution in [0.15, 0.2) is 42.6 Å². The Morgan fingerprint density at radius 3 is 2.82 bits per heavy atom. The number of nitrogens with zero attached hydrogens (tertiary/aromatic N) is 1. The van der Waals surface area contributed by atoms with Crippen molar-refractivity contribution in [3.8, 4) is 0 Å². The van der Waals surface area contributed by atoms with Gasteiger partial charge in [0.15, 0.2) is 0 Å². The van der Waals surface area contributed by atoms with Crippen LogP contribution < -0.4 is 10.6 Å². The summed E-state index contributed by atoms with van der Waals surface area (Å²) < 4.78 is 0. The second-order valence-electron chi connectivity index (χ2n) is 5.03. The molecule has 2 N–H and O–H groups in total. The lowest BCUT2D eigenvalue weighted by atomic mass is 10.2. The molecule has 0 aliphatic heterocycles. The highest BCUT2D eigenvalue weighted by Crippen LogP contribution is 2.16. The van der Waals surface area contributed by atoms with Crippen molar-refractivity contribution in [1.82, 2.24) is 4.98 Å². The Balaban J connectivity index is 1.97. The maximum atomic E-state index is 12.2. The molecule has 0 aliphatic carbocycles. The number of anilines is 2. The standard InChI is InChI=1S/C17H20ClN3O/c1-2-3-4-9-19-14-8-10-20-16(12-14)17(22)21-15-7-5-6-13(18)11-15/h5-8,10-12H,2-4,9H2,1H3,(H,19,20)(H,21,22). The first-order valence-electron chi connectivity index (χ1n) is 7.46. The zero-order valence-corrected chi connectivity index (χ0v) is 13.4. The van der Waals surface area contributed by atoms with Crippen LogP contribution in [0, 0.1) is 0 Å². The average molecular weight is 318 g/mol. The Hall–Kier alpha value is -2.07. The molecule has 1 heterocycles. The summed E-state index contributed by atoms with van der Waals surface area (Å²) in [6, 6.07) is 10.7. The summed E-state index contributed by atoms with van der Waals surface area (Å²) in [4.78, 5) is 16.3. The van der Waals surface area contributed by atoms with Crippen molar-refractivity contribution in [3.05, 3.63) is 53.3 Å².